The van der Waals surface area contributed by atoms with E-state index in [0.717, 1.165) is 0 Å². The van der Waals surface area contributed by atoms with E-state index in [2.05, 4.69) is 9.99 Å². The molecule has 0 amide bonds. The van der Waals surface area contributed by atoms with Gasteiger partial charge in [-0.3, -0.25) is 4.84 Å². The highest BCUT2D eigenvalue weighted by Gasteiger charge is 2.34. The Morgan fingerprint density at radius 1 is 2.00 bits per heavy atom. The maximum Gasteiger partial charge on any atom is 0.423 e. The predicted octanol–water partition coefficient (Wildman–Crippen LogP) is -0.0551. The van der Waals surface area contributed by atoms with Gasteiger partial charge in [0, 0.05) is 0 Å². The number of rotatable bonds is 0. The van der Waals surface area contributed by atoms with Crippen LogP contribution in [0.15, 0.2) is 5.16 Å². The van der Waals surface area contributed by atoms with E-state index in [-0.39, 0.29) is 6.61 Å². The molecule has 1 aliphatic rings. The summed E-state index contributed by atoms with van der Waals surface area (Å²) in [6.07, 6.45) is -1.67. The highest BCUT2D eigenvalue weighted by atomic mass is 19.1. The number of nitro groups is 1. The first-order chi connectivity index (χ1) is 4.22. The van der Waals surface area contributed by atoms with Crippen molar-refractivity contribution in [3.8, 4) is 0 Å². The Morgan fingerprint density at radius 3 is 2.89 bits per heavy atom. The zero-order valence-electron chi connectivity index (χ0n) is 4.28. The van der Waals surface area contributed by atoms with Gasteiger partial charge in [-0.05, 0) is 4.92 Å². The van der Waals surface area contributed by atoms with E-state index in [9.17, 15) is 14.5 Å². The van der Waals surface area contributed by atoms with Gasteiger partial charge < -0.3 is 10.1 Å². The Hall–Kier alpha value is -1.20. The molecule has 0 radical (unpaired) electrons. The number of hydrogen-bond acceptors (Lipinski definition) is 4. The molecule has 1 heterocycles. The zero-order chi connectivity index (χ0) is 6.85. The lowest BCUT2D eigenvalue weighted by molar-refractivity contribution is -0.355. The molecule has 1 atom stereocenters. The molecule has 0 bridgehead atoms. The van der Waals surface area contributed by atoms with E-state index >= 15 is 0 Å². The van der Waals surface area contributed by atoms with Crippen molar-refractivity contribution < 1.29 is 14.2 Å². The molecular weight excluding hydrogens is 131 g/mol. The van der Waals surface area contributed by atoms with Crippen LogP contribution >= 0.6 is 0 Å². The SMILES string of the molecule is O=[N+]([O-])C1=NOCC1F. The van der Waals surface area contributed by atoms with Gasteiger partial charge in [0.05, 0.1) is 0 Å². The summed E-state index contributed by atoms with van der Waals surface area (Å²) >= 11 is 0. The van der Waals surface area contributed by atoms with Gasteiger partial charge in [0.25, 0.3) is 6.17 Å². The number of amidine groups is 1. The van der Waals surface area contributed by atoms with Gasteiger partial charge >= 0.3 is 5.84 Å². The first-order valence-corrected chi connectivity index (χ1v) is 2.20. The van der Waals surface area contributed by atoms with Crippen LogP contribution in [-0.4, -0.2) is 23.5 Å². The van der Waals surface area contributed by atoms with Crippen molar-refractivity contribution in [3.63, 3.8) is 0 Å². The normalized spacial score (nSPS) is 25.0. The molecule has 1 unspecified atom stereocenters. The van der Waals surface area contributed by atoms with Gasteiger partial charge in [0.15, 0.2) is 11.8 Å². The highest BCUT2D eigenvalue weighted by molar-refractivity contribution is 5.79. The number of nitrogens with zero attached hydrogens (tertiary/aromatic N) is 2. The van der Waals surface area contributed by atoms with Crippen molar-refractivity contribution in [3.05, 3.63) is 10.1 Å². The lowest BCUT2D eigenvalue weighted by Gasteiger charge is -1.89. The minimum absolute atomic E-state index is 0.337. The van der Waals surface area contributed by atoms with E-state index in [1.54, 1.807) is 0 Å². The van der Waals surface area contributed by atoms with Crippen LogP contribution in [0.2, 0.25) is 0 Å². The molecule has 0 N–H and O–H groups in total. The molecule has 0 fully saturated rings. The number of alkyl halides is 1. The fourth-order valence-electron chi connectivity index (χ4n) is 0.448. The Kier molecular flexibility index (Phi) is 1.29. The third-order valence-corrected chi connectivity index (χ3v) is 0.846. The van der Waals surface area contributed by atoms with E-state index < -0.39 is 16.9 Å². The van der Waals surface area contributed by atoms with Crippen LogP contribution in [0.3, 0.4) is 0 Å². The molecule has 6 heteroatoms. The Labute approximate surface area is 49.2 Å². The Bertz CT molecular complexity index is 168. The second-order valence-corrected chi connectivity index (χ2v) is 1.47. The van der Waals surface area contributed by atoms with Gasteiger partial charge in [-0.25, -0.2) is 4.39 Å². The van der Waals surface area contributed by atoms with Crippen molar-refractivity contribution in [1.29, 1.82) is 0 Å². The summed E-state index contributed by atoms with van der Waals surface area (Å²) in [5.74, 6) is -0.741. The standard InChI is InChI=1S/C3H3FN2O3/c4-2-1-9-5-3(2)6(7)8/h2H,1H2. The molecule has 0 aromatic heterocycles. The maximum absolute atomic E-state index is 12.1. The lowest BCUT2D eigenvalue weighted by atomic mass is 10.4. The van der Waals surface area contributed by atoms with Crippen molar-refractivity contribution in [1.82, 2.24) is 0 Å². The summed E-state index contributed by atoms with van der Waals surface area (Å²) in [5, 5.41) is 12.6. The molecule has 50 valence electrons. The first kappa shape index (κ1) is 5.93. The minimum atomic E-state index is -1.67. The van der Waals surface area contributed by atoms with Gasteiger partial charge in [-0.2, -0.15) is 0 Å². The fourth-order valence-corrected chi connectivity index (χ4v) is 0.448. The van der Waals surface area contributed by atoms with E-state index in [4.69, 9.17) is 0 Å². The topological polar surface area (TPSA) is 64.7 Å². The molecule has 0 aromatic rings. The monoisotopic (exact) mass is 134 g/mol. The summed E-state index contributed by atoms with van der Waals surface area (Å²) in [5.41, 5.74) is 0. The van der Waals surface area contributed by atoms with Gasteiger partial charge in [0.2, 0.25) is 0 Å². The third kappa shape index (κ3) is 0.956. The molecule has 1 rings (SSSR count). The lowest BCUT2D eigenvalue weighted by Crippen LogP contribution is -2.21. The summed E-state index contributed by atoms with van der Waals surface area (Å²) in [7, 11) is 0. The van der Waals surface area contributed by atoms with E-state index in [0.29, 0.717) is 0 Å². The largest absolute Gasteiger partial charge is 0.423 e. The highest BCUT2D eigenvalue weighted by Crippen LogP contribution is 2.05. The molecule has 9 heavy (non-hydrogen) atoms. The molecule has 1 aliphatic heterocycles. The van der Waals surface area contributed by atoms with Crippen LogP contribution in [0.25, 0.3) is 0 Å². The molecule has 5 nitrogen and oxygen atoms in total. The quantitative estimate of drug-likeness (QED) is 0.344. The van der Waals surface area contributed by atoms with Crippen LogP contribution in [-0.2, 0) is 4.84 Å². The van der Waals surface area contributed by atoms with Crippen LogP contribution in [0.1, 0.15) is 0 Å². The van der Waals surface area contributed by atoms with Crippen molar-refractivity contribution in [2.45, 2.75) is 6.17 Å². The summed E-state index contributed by atoms with van der Waals surface area (Å²) in [6, 6.07) is 0. The Balaban J connectivity index is 2.68. The van der Waals surface area contributed by atoms with Crippen molar-refractivity contribution >= 4 is 5.84 Å². The van der Waals surface area contributed by atoms with E-state index in [1.807, 2.05) is 0 Å². The average Bonchev–Trinajstić information content (AvgIpc) is 2.13. The number of hydrogen-bond donors (Lipinski definition) is 0. The summed E-state index contributed by atoms with van der Waals surface area (Å²) in [4.78, 5) is 13.0. The van der Waals surface area contributed by atoms with Crippen LogP contribution in [0, 0.1) is 10.1 Å². The molecule has 0 saturated carbocycles. The first-order valence-electron chi connectivity index (χ1n) is 2.20. The van der Waals surface area contributed by atoms with Crippen LogP contribution in [0.5, 0.6) is 0 Å². The van der Waals surface area contributed by atoms with Crippen LogP contribution < -0.4 is 0 Å². The van der Waals surface area contributed by atoms with Gasteiger partial charge in [-0.1, -0.05) is 0 Å². The predicted molar refractivity (Wildman–Crippen MR) is 25.3 cm³/mol. The molecular formula is C3H3FN2O3. The molecule has 0 spiro atoms. The smallest absolute Gasteiger partial charge is 0.358 e. The summed E-state index contributed by atoms with van der Waals surface area (Å²) < 4.78 is 12.1. The molecule has 0 aliphatic carbocycles. The number of halogens is 1. The van der Waals surface area contributed by atoms with Crippen molar-refractivity contribution in [2.24, 2.45) is 5.16 Å². The minimum Gasteiger partial charge on any atom is -0.358 e. The zero-order valence-corrected chi connectivity index (χ0v) is 4.28. The maximum atomic E-state index is 12.1. The fraction of sp³-hybridized carbons (Fsp3) is 0.667. The van der Waals surface area contributed by atoms with Gasteiger partial charge in [0.1, 0.15) is 0 Å². The Morgan fingerprint density at radius 2 is 2.67 bits per heavy atom. The second-order valence-electron chi connectivity index (χ2n) is 1.47. The third-order valence-electron chi connectivity index (χ3n) is 0.846. The average molecular weight is 134 g/mol. The van der Waals surface area contributed by atoms with Crippen LogP contribution in [0.4, 0.5) is 4.39 Å². The molecule has 0 saturated heterocycles. The van der Waals surface area contributed by atoms with Gasteiger partial charge in [-0.15, -0.1) is 0 Å². The summed E-state index contributed by atoms with van der Waals surface area (Å²) in [6.45, 7) is -0.337. The van der Waals surface area contributed by atoms with E-state index in [1.165, 1.54) is 0 Å². The van der Waals surface area contributed by atoms with Crippen molar-refractivity contribution in [2.75, 3.05) is 6.61 Å². The molecule has 0 aromatic carbocycles. The second kappa shape index (κ2) is 1.96. The number of oxime groups is 1.